The first-order valence-corrected chi connectivity index (χ1v) is 34.1. The molecule has 0 amide bonds. The lowest BCUT2D eigenvalue weighted by Gasteiger charge is -2.57. The van der Waals surface area contributed by atoms with Crippen LogP contribution in [0, 0.1) is 81.5 Å². The predicted octanol–water partition coefficient (Wildman–Crippen LogP) is 14.3. The standard InChI is InChI=1S/C18H24IN.C17H23N3.C17H26N2O.C16H21N3O/c1-12-4-17(19)3-2-16(12)11-20-18-8-13-5-14(9-18)7-15(6-13)10-18;1-11-2-13-3-12(1)6-17(5-11,7-13)19-9-15-4-14-8-18-10-16(14)20-15;1-2-14-15(3-1)20-16(19-14)10-18-17-7-11-4-12(8-17)6-13(5-11)9-17;1-10-2-12-3-11(1)6-16(5-10,7-12)18-8-13-4-14-15(19-13)17-9-20-14/h2-4,13-15,20H,5-11H2,1H3;4,8,10-13,18-20H,1-3,5-7,9H2;11-15,18H,1-10H2;4,9-12,18-19H,1-3,5-8H2. The number of aryl methyl sites for hydroxylation is 1. The average Bonchev–Trinajstić information content (AvgIpc) is 4.43. The Morgan fingerprint density at radius 2 is 1.00 bits per heavy atom. The number of aliphatic imine (C=N–C) groups is 1. The first-order chi connectivity index (χ1) is 39.0. The second-order valence-electron chi connectivity index (χ2n) is 30.9. The van der Waals surface area contributed by atoms with Crippen molar-refractivity contribution >= 4 is 50.6 Å². The summed E-state index contributed by atoms with van der Waals surface area (Å²) in [4.78, 5) is 19.0. The summed E-state index contributed by atoms with van der Waals surface area (Å²) >= 11 is 2.40. The molecule has 1 aromatic carbocycles. The average molecular weight is 1200 g/mol. The summed E-state index contributed by atoms with van der Waals surface area (Å²) in [6.45, 7) is 6.12. The van der Waals surface area contributed by atoms with E-state index >= 15 is 0 Å². The zero-order chi connectivity index (χ0) is 53.2. The third kappa shape index (κ3) is 10.6. The topological polar surface area (TPSA) is 143 Å². The predicted molar refractivity (Wildman–Crippen MR) is 327 cm³/mol. The van der Waals surface area contributed by atoms with Gasteiger partial charge in [-0.25, -0.2) is 4.99 Å². The molecule has 0 spiro atoms. The van der Waals surface area contributed by atoms with Gasteiger partial charge in [-0.3, -0.25) is 0 Å². The monoisotopic (exact) mass is 1200 g/mol. The highest BCUT2D eigenvalue weighted by Gasteiger charge is 2.54. The Hall–Kier alpha value is -3.17. The third-order valence-corrected chi connectivity index (χ3v) is 25.3. The molecule has 16 bridgehead atoms. The summed E-state index contributed by atoms with van der Waals surface area (Å²) < 4.78 is 12.7. The van der Waals surface area contributed by atoms with Crippen LogP contribution in [-0.4, -0.2) is 66.7 Å². The van der Waals surface area contributed by atoms with Crippen LogP contribution in [0.1, 0.15) is 196 Å². The molecule has 17 fully saturated rings. The summed E-state index contributed by atoms with van der Waals surface area (Å²) in [6.07, 6.45) is 45.1. The van der Waals surface area contributed by atoms with Gasteiger partial charge >= 0.3 is 0 Å². The van der Waals surface area contributed by atoms with E-state index in [-0.39, 0.29) is 0 Å². The van der Waals surface area contributed by atoms with Crippen LogP contribution in [0.2, 0.25) is 0 Å². The maximum absolute atomic E-state index is 6.04. The van der Waals surface area contributed by atoms with Gasteiger partial charge in [0.15, 0.2) is 23.5 Å². The molecule has 5 aromatic rings. The lowest BCUT2D eigenvalue weighted by Crippen LogP contribution is -2.59. The molecular weight excluding hydrogens is 1100 g/mol. The van der Waals surface area contributed by atoms with Crippen molar-refractivity contribution in [1.29, 1.82) is 0 Å². The molecule has 0 saturated heterocycles. The highest BCUT2D eigenvalue weighted by Crippen LogP contribution is 2.59. The number of halogens is 1. The first-order valence-electron chi connectivity index (χ1n) is 33.0. The number of oxazole rings is 1. The van der Waals surface area contributed by atoms with Crippen LogP contribution in [0.25, 0.3) is 22.1 Å². The first kappa shape index (κ1) is 52.4. The quantitative estimate of drug-likeness (QED) is 0.0617. The molecule has 12 heteroatoms. The molecule has 2 atom stereocenters. The van der Waals surface area contributed by atoms with Gasteiger partial charge in [-0.2, -0.15) is 4.98 Å². The molecule has 7 N–H and O–H groups in total. The number of aromatic amines is 3. The second kappa shape index (κ2) is 20.8. The van der Waals surface area contributed by atoms with Crippen molar-refractivity contribution < 1.29 is 9.15 Å². The lowest BCUT2D eigenvalue weighted by molar-refractivity contribution is -0.0208. The van der Waals surface area contributed by atoms with E-state index < -0.39 is 0 Å². The van der Waals surface area contributed by atoms with Gasteiger partial charge in [0, 0.05) is 80.6 Å². The van der Waals surface area contributed by atoms with E-state index in [1.807, 2.05) is 6.20 Å². The molecule has 17 aliphatic carbocycles. The number of hydrogen-bond donors (Lipinski definition) is 7. The zero-order valence-electron chi connectivity index (χ0n) is 48.2. The SMILES string of the molecule is C1CC2N=C(CNC34CC5CC(CC(C5)C3)C4)OC2C1.Cc1cc(I)ccc1CNC12CC3CC(CC(C3)C1)C2.c1[nH]cc2[nH]c(CNC34CC5CC(CC(C5)C3)C4)cc12.c1nc2[nH]c(CNC34CC5CC(CC(C5)C3)C4)cc2o1. The van der Waals surface area contributed by atoms with Crippen molar-refractivity contribution in [2.24, 2.45) is 76.0 Å². The van der Waals surface area contributed by atoms with Crippen LogP contribution in [0.5, 0.6) is 0 Å². The molecular formula is C68H94IN9O2. The molecule has 80 heavy (non-hydrogen) atoms. The summed E-state index contributed by atoms with van der Waals surface area (Å²) in [6, 6.07) is 11.7. The molecule has 23 rings (SSSR count). The van der Waals surface area contributed by atoms with Crippen LogP contribution in [0.15, 0.2) is 58.5 Å². The Morgan fingerprint density at radius 3 is 1.45 bits per heavy atom. The van der Waals surface area contributed by atoms with Crippen LogP contribution in [0.3, 0.4) is 0 Å². The van der Waals surface area contributed by atoms with Crippen molar-refractivity contribution in [3.8, 4) is 0 Å². The third-order valence-electron chi connectivity index (χ3n) is 24.6. The van der Waals surface area contributed by atoms with Crippen LogP contribution < -0.4 is 21.3 Å². The van der Waals surface area contributed by atoms with Crippen LogP contribution in [0.4, 0.5) is 0 Å². The summed E-state index contributed by atoms with van der Waals surface area (Å²) in [5, 5.41) is 17.0. The van der Waals surface area contributed by atoms with E-state index in [1.165, 1.54) is 217 Å². The number of H-pyrrole nitrogens is 3. The van der Waals surface area contributed by atoms with Crippen molar-refractivity contribution in [3.05, 3.63) is 75.2 Å². The van der Waals surface area contributed by atoms with Gasteiger partial charge in [0.05, 0.1) is 18.1 Å². The fraction of sp³-hybridized carbons (Fsp3) is 0.735. The van der Waals surface area contributed by atoms with Crippen molar-refractivity contribution in [3.63, 3.8) is 0 Å². The number of nitrogens with one attached hydrogen (secondary N) is 7. The molecule has 11 nitrogen and oxygen atoms in total. The summed E-state index contributed by atoms with van der Waals surface area (Å²) in [5.74, 6) is 13.2. The second-order valence-corrected chi connectivity index (χ2v) is 32.2. The molecule has 17 saturated carbocycles. The highest BCUT2D eigenvalue weighted by atomic mass is 127. The Labute approximate surface area is 490 Å². The van der Waals surface area contributed by atoms with E-state index in [9.17, 15) is 0 Å². The number of hydrogen-bond acceptors (Lipinski definition) is 8. The normalized spacial score (nSPS) is 42.0. The van der Waals surface area contributed by atoms with Crippen molar-refractivity contribution in [1.82, 2.24) is 41.2 Å². The van der Waals surface area contributed by atoms with Gasteiger partial charge in [0.25, 0.3) is 0 Å². The number of aromatic nitrogens is 4. The van der Waals surface area contributed by atoms with Crippen molar-refractivity contribution in [2.75, 3.05) is 6.54 Å². The van der Waals surface area contributed by atoms with Crippen LogP contribution in [-0.2, 0) is 24.4 Å². The Kier molecular flexibility index (Phi) is 13.6. The Balaban J connectivity index is 0.0000000885. The minimum Gasteiger partial charge on any atom is -0.474 e. The lowest BCUT2D eigenvalue weighted by atomic mass is 9.53. The smallest absolute Gasteiger partial charge is 0.198 e. The molecule has 2 unspecified atom stereocenters. The fourth-order valence-electron chi connectivity index (χ4n) is 22.9. The van der Waals surface area contributed by atoms with Gasteiger partial charge < -0.3 is 45.4 Å². The van der Waals surface area contributed by atoms with Gasteiger partial charge in [0.1, 0.15) is 6.10 Å². The van der Waals surface area contributed by atoms with Crippen LogP contribution >= 0.6 is 22.6 Å². The minimum atomic E-state index is 0.420. The van der Waals surface area contributed by atoms with Gasteiger partial charge in [-0.15, -0.1) is 0 Å². The number of fused-ring (bicyclic) bond motifs is 3. The van der Waals surface area contributed by atoms with E-state index in [0.717, 1.165) is 114 Å². The van der Waals surface area contributed by atoms with Gasteiger partial charge in [-0.1, -0.05) is 6.07 Å². The molecule has 18 aliphatic rings. The molecule has 0 radical (unpaired) electrons. The van der Waals surface area contributed by atoms with Gasteiger partial charge in [-0.05, 0) is 303 Å². The molecule has 4 aromatic heterocycles. The van der Waals surface area contributed by atoms with Crippen molar-refractivity contribution in [2.45, 2.75) is 234 Å². The Morgan fingerprint density at radius 1 is 0.537 bits per heavy atom. The van der Waals surface area contributed by atoms with E-state index in [0.29, 0.717) is 34.3 Å². The highest BCUT2D eigenvalue weighted by molar-refractivity contribution is 14.1. The van der Waals surface area contributed by atoms with Gasteiger partial charge in [0.2, 0.25) is 0 Å². The number of ether oxygens (including phenoxy) is 1. The fourth-order valence-corrected chi connectivity index (χ4v) is 23.6. The largest absolute Gasteiger partial charge is 0.474 e. The van der Waals surface area contributed by atoms with E-state index in [2.05, 4.69) is 107 Å². The summed E-state index contributed by atoms with van der Waals surface area (Å²) in [7, 11) is 0. The number of benzene rings is 1. The van der Waals surface area contributed by atoms with E-state index in [4.69, 9.17) is 14.1 Å². The molecule has 430 valence electrons. The number of nitrogens with zero attached hydrogens (tertiary/aromatic N) is 2. The van der Waals surface area contributed by atoms with E-state index in [1.54, 1.807) is 0 Å². The maximum Gasteiger partial charge on any atom is 0.198 e. The maximum atomic E-state index is 6.04. The minimum absolute atomic E-state index is 0.420. The zero-order valence-corrected chi connectivity index (χ0v) is 50.4. The molecule has 1 aliphatic heterocycles. The summed E-state index contributed by atoms with van der Waals surface area (Å²) in [5.41, 5.74) is 10.2. The molecule has 5 heterocycles. The number of rotatable bonds is 12. The Bertz CT molecular complexity index is 2740.